The second-order valence-corrected chi connectivity index (χ2v) is 17.5. The normalized spacial score (nSPS) is 9.61. The van der Waals surface area contributed by atoms with Crippen molar-refractivity contribution in [2.45, 2.75) is 75.5 Å². The van der Waals surface area contributed by atoms with E-state index in [2.05, 4.69) is 37.9 Å². The van der Waals surface area contributed by atoms with Gasteiger partial charge in [-0.2, -0.15) is 0 Å². The predicted octanol–water partition coefficient (Wildman–Crippen LogP) is 13.3. The van der Waals surface area contributed by atoms with Crippen molar-refractivity contribution in [3.05, 3.63) is 185 Å². The molecule has 0 saturated carbocycles. The monoisotopic (exact) mass is 964 g/mol. The van der Waals surface area contributed by atoms with Crippen LogP contribution in [0.15, 0.2) is 165 Å². The molecule has 6 aromatic rings. The first-order chi connectivity index (χ1) is 29.4. The van der Waals surface area contributed by atoms with Gasteiger partial charge in [0.15, 0.2) is 34.7 Å². The molecule has 0 amide bonds. The van der Waals surface area contributed by atoms with Gasteiger partial charge in [0.2, 0.25) is 0 Å². The molecule has 342 valence electrons. The Kier molecular flexibility index (Phi) is 27.1. The van der Waals surface area contributed by atoms with E-state index in [0.717, 1.165) is 36.9 Å². The number of rotatable bonds is 7. The molecular formula is C50H57ClO9S4. The van der Waals surface area contributed by atoms with Crippen molar-refractivity contribution in [2.24, 2.45) is 0 Å². The zero-order valence-corrected chi connectivity index (χ0v) is 40.0. The molecule has 0 bridgehead atoms. The summed E-state index contributed by atoms with van der Waals surface area (Å²) in [7, 11) is 1.39. The zero-order valence-electron chi connectivity index (χ0n) is 35.7. The number of aromatic hydroxyl groups is 1. The summed E-state index contributed by atoms with van der Waals surface area (Å²) in [6.45, 7) is 11.1. The maximum absolute atomic E-state index is 10.8. The molecule has 0 fully saturated rings. The van der Waals surface area contributed by atoms with Crippen molar-refractivity contribution in [1.29, 1.82) is 0 Å². The van der Waals surface area contributed by atoms with Gasteiger partial charge in [-0.25, -0.2) is 8.42 Å². The van der Waals surface area contributed by atoms with Crippen LogP contribution in [-0.4, -0.2) is 48.2 Å². The maximum atomic E-state index is 10.8. The van der Waals surface area contributed by atoms with Crippen molar-refractivity contribution in [2.75, 3.05) is 0 Å². The SMILES string of the molecule is C.CC(=O)c1ccc(C)cc1.CC(=O)c1ccc(O)cc1.CC(=O)c1ccc(S(=O)(=O)Cl)cc1.CC(=O)c1ccc(S)cc1.CC(=O)c1ccc(S)cc1.CC(=O)c1ccc(S)cc1.[HH].[HH]. The summed E-state index contributed by atoms with van der Waals surface area (Å²) >= 11 is 12.3. The number of hydrogen-bond acceptors (Lipinski definition) is 12. The van der Waals surface area contributed by atoms with E-state index in [4.69, 9.17) is 15.8 Å². The average Bonchev–Trinajstić information content (AvgIpc) is 3.22. The zero-order chi connectivity index (χ0) is 47.9. The van der Waals surface area contributed by atoms with Crippen LogP contribution in [0.25, 0.3) is 0 Å². The Bertz CT molecular complexity index is 2230. The van der Waals surface area contributed by atoms with Gasteiger partial charge >= 0.3 is 0 Å². The van der Waals surface area contributed by atoms with E-state index in [1.807, 2.05) is 31.2 Å². The number of aryl methyl sites for hydroxylation is 1. The van der Waals surface area contributed by atoms with Crippen LogP contribution in [0.1, 0.15) is 120 Å². The Hall–Kier alpha value is -5.57. The van der Waals surface area contributed by atoms with Crippen LogP contribution in [0.4, 0.5) is 0 Å². The number of phenolic OH excluding ortho intramolecular Hbond substituents is 1. The topological polar surface area (TPSA) is 157 Å². The van der Waals surface area contributed by atoms with E-state index in [1.54, 1.807) is 113 Å². The number of phenols is 1. The molecule has 0 aromatic heterocycles. The summed E-state index contributed by atoms with van der Waals surface area (Å²) < 4.78 is 21.6. The average molecular weight is 966 g/mol. The first kappa shape index (κ1) is 58.4. The molecular weight excluding hydrogens is 908 g/mol. The third-order valence-corrected chi connectivity index (χ3v) is 10.4. The van der Waals surface area contributed by atoms with Gasteiger partial charge in [0.25, 0.3) is 9.05 Å². The van der Waals surface area contributed by atoms with E-state index in [0.29, 0.717) is 11.1 Å². The molecule has 0 atom stereocenters. The molecule has 14 heteroatoms. The number of ketones is 6. The third kappa shape index (κ3) is 24.3. The number of carbonyl (C=O) groups is 6. The summed E-state index contributed by atoms with van der Waals surface area (Å²) in [4.78, 5) is 67.1. The highest BCUT2D eigenvalue weighted by Gasteiger charge is 2.09. The maximum Gasteiger partial charge on any atom is 0.261 e. The quantitative estimate of drug-likeness (QED) is 0.0695. The highest BCUT2D eigenvalue weighted by Crippen LogP contribution is 2.16. The van der Waals surface area contributed by atoms with Gasteiger partial charge in [0.1, 0.15) is 5.75 Å². The standard InChI is InChI=1S/C9H10O.C8H7ClO3S.C8H8O2.3C8H8OS.CH4.2H2/c1-7-3-5-9(6-4-7)8(2)10;1-6(10)7-2-4-8(5-3-7)13(9,11)12;4*1-6(9)7-2-4-8(10)5-3-7;;;/h3-6H,1-2H3;2-5H,1H3;4*2-5,10H,1H3;1H4;2*1H. The Balaban J connectivity index is -0.000000717. The molecule has 0 spiro atoms. The number of hydrogen-bond donors (Lipinski definition) is 4. The first-order valence-corrected chi connectivity index (χ1v) is 22.4. The minimum Gasteiger partial charge on any atom is -0.508 e. The van der Waals surface area contributed by atoms with Crippen LogP contribution >= 0.6 is 48.6 Å². The number of thiol groups is 3. The highest BCUT2D eigenvalue weighted by molar-refractivity contribution is 8.13. The Morgan fingerprint density at radius 2 is 0.594 bits per heavy atom. The Morgan fingerprint density at radius 3 is 0.797 bits per heavy atom. The molecule has 6 aromatic carbocycles. The lowest BCUT2D eigenvalue weighted by Gasteiger charge is -1.97. The van der Waals surface area contributed by atoms with Gasteiger partial charge < -0.3 is 5.11 Å². The summed E-state index contributed by atoms with van der Waals surface area (Å²) in [5.74, 6) is 0.485. The molecule has 0 aliphatic rings. The molecule has 0 heterocycles. The van der Waals surface area contributed by atoms with Gasteiger partial charge in [-0.3, -0.25) is 28.8 Å². The summed E-state index contributed by atoms with van der Waals surface area (Å²) in [6, 6.07) is 40.7. The second kappa shape index (κ2) is 29.7. The van der Waals surface area contributed by atoms with Crippen LogP contribution in [-0.2, 0) is 9.05 Å². The second-order valence-electron chi connectivity index (χ2n) is 13.4. The van der Waals surface area contributed by atoms with E-state index >= 15 is 0 Å². The lowest BCUT2D eigenvalue weighted by Crippen LogP contribution is -1.94. The minimum absolute atomic E-state index is 0. The molecule has 6 rings (SSSR count). The summed E-state index contributed by atoms with van der Waals surface area (Å²) in [5, 5.41) is 8.83. The molecule has 1 N–H and O–H groups in total. The lowest BCUT2D eigenvalue weighted by molar-refractivity contribution is 0.100. The van der Waals surface area contributed by atoms with Crippen molar-refractivity contribution in [1.82, 2.24) is 0 Å². The van der Waals surface area contributed by atoms with Crippen molar-refractivity contribution < 1.29 is 45.1 Å². The molecule has 0 unspecified atom stereocenters. The van der Waals surface area contributed by atoms with Gasteiger partial charge in [-0.15, -0.1) is 37.9 Å². The highest BCUT2D eigenvalue weighted by atomic mass is 35.7. The molecule has 0 saturated heterocycles. The van der Waals surface area contributed by atoms with Crippen LogP contribution in [0.3, 0.4) is 0 Å². The number of halogens is 1. The van der Waals surface area contributed by atoms with E-state index in [-0.39, 0.29) is 55.6 Å². The van der Waals surface area contributed by atoms with Crippen LogP contribution < -0.4 is 0 Å². The minimum atomic E-state index is -3.68. The van der Waals surface area contributed by atoms with Crippen LogP contribution in [0.5, 0.6) is 5.75 Å². The van der Waals surface area contributed by atoms with Crippen LogP contribution in [0, 0.1) is 6.92 Å². The van der Waals surface area contributed by atoms with E-state index in [1.165, 1.54) is 55.8 Å². The molecule has 9 nitrogen and oxygen atoms in total. The van der Waals surface area contributed by atoms with Gasteiger partial charge in [0, 0.05) is 61.6 Å². The van der Waals surface area contributed by atoms with Gasteiger partial charge in [-0.1, -0.05) is 85.8 Å². The Morgan fingerprint density at radius 1 is 0.406 bits per heavy atom. The lowest BCUT2D eigenvalue weighted by atomic mass is 10.1. The van der Waals surface area contributed by atoms with E-state index < -0.39 is 9.05 Å². The number of Topliss-reactive ketones (excluding diaryl/α,β-unsaturated/α-hetero) is 6. The largest absolute Gasteiger partial charge is 0.508 e. The molecule has 0 aliphatic heterocycles. The Labute approximate surface area is 400 Å². The summed E-state index contributed by atoms with van der Waals surface area (Å²) in [5.41, 5.74) is 5.26. The third-order valence-electron chi connectivity index (χ3n) is 8.10. The fourth-order valence-corrected chi connectivity index (χ4v) is 5.64. The number of benzene rings is 6. The molecule has 64 heavy (non-hydrogen) atoms. The van der Waals surface area contributed by atoms with Crippen molar-refractivity contribution >= 4 is 92.3 Å². The fraction of sp³-hybridized carbons (Fsp3) is 0.160. The van der Waals surface area contributed by atoms with Crippen molar-refractivity contribution in [3.8, 4) is 5.75 Å². The van der Waals surface area contributed by atoms with Crippen molar-refractivity contribution in [3.63, 3.8) is 0 Å². The molecule has 0 radical (unpaired) electrons. The summed E-state index contributed by atoms with van der Waals surface area (Å²) in [6.07, 6.45) is 0. The molecule has 0 aliphatic carbocycles. The van der Waals surface area contributed by atoms with Crippen LogP contribution in [0.2, 0.25) is 0 Å². The smallest absolute Gasteiger partial charge is 0.261 e. The van der Waals surface area contributed by atoms with Gasteiger partial charge in [-0.05, 0) is 121 Å². The van der Waals surface area contributed by atoms with Gasteiger partial charge in [0.05, 0.1) is 4.90 Å². The predicted molar refractivity (Wildman–Crippen MR) is 271 cm³/mol. The fourth-order valence-electron chi connectivity index (χ4n) is 4.43. The number of carbonyl (C=O) groups excluding carboxylic acids is 6. The first-order valence-electron chi connectivity index (χ1n) is 18.7. The van der Waals surface area contributed by atoms with E-state index in [9.17, 15) is 37.2 Å².